The highest BCUT2D eigenvalue weighted by Crippen LogP contribution is 2.39. The average Bonchev–Trinajstić information content (AvgIpc) is 3.52. The first-order chi connectivity index (χ1) is 19.6. The Kier molecular flexibility index (Phi) is 5.84. The molecule has 2 aromatic heterocycles. The summed E-state index contributed by atoms with van der Waals surface area (Å²) in [6, 6.07) is 20.3. The van der Waals surface area contributed by atoms with Crippen LogP contribution in [0, 0.1) is 0 Å². The molecule has 168 valence electrons. The molecule has 0 spiro atoms. The third kappa shape index (κ3) is 3.44. The van der Waals surface area contributed by atoms with E-state index < -0.39 is 0 Å². The summed E-state index contributed by atoms with van der Waals surface area (Å²) in [5, 5.41) is 4.26. The molecule has 0 saturated heterocycles. The van der Waals surface area contributed by atoms with E-state index in [1.807, 2.05) is 47.0 Å². The molecular formula is C30H11B9N2. The second kappa shape index (κ2) is 9.14. The summed E-state index contributed by atoms with van der Waals surface area (Å²) in [4.78, 5) is 3.52. The molecule has 0 amide bonds. The lowest BCUT2D eigenvalue weighted by Gasteiger charge is -2.28. The van der Waals surface area contributed by atoms with Gasteiger partial charge in [0.15, 0.2) is 0 Å². The zero-order valence-corrected chi connectivity index (χ0v) is 21.9. The minimum atomic E-state index is 0.0665. The zero-order valence-electron chi connectivity index (χ0n) is 21.9. The molecule has 1 N–H and O–H groups in total. The number of aromatic amines is 1. The van der Waals surface area contributed by atoms with Gasteiger partial charge in [0.2, 0.25) is 0 Å². The Morgan fingerprint density at radius 3 is 1.56 bits per heavy atom. The Hall–Kier alpha value is -3.72. The van der Waals surface area contributed by atoms with E-state index in [-0.39, 0.29) is 60.3 Å². The summed E-state index contributed by atoms with van der Waals surface area (Å²) >= 11 is 0. The molecule has 18 radical (unpaired) electrons. The summed E-state index contributed by atoms with van der Waals surface area (Å²) in [5.41, 5.74) is 5.77. The van der Waals surface area contributed by atoms with Gasteiger partial charge in [-0.15, -0.1) is 16.4 Å². The highest BCUT2D eigenvalue weighted by molar-refractivity contribution is 6.70. The topological polar surface area (TPSA) is 20.7 Å². The smallest absolute Gasteiger partial charge is 0.115 e. The second-order valence-corrected chi connectivity index (χ2v) is 10.2. The molecule has 5 aromatic carbocycles. The van der Waals surface area contributed by atoms with Gasteiger partial charge in [0.1, 0.15) is 70.6 Å². The van der Waals surface area contributed by atoms with E-state index in [4.69, 9.17) is 70.6 Å². The second-order valence-electron chi connectivity index (χ2n) is 10.2. The van der Waals surface area contributed by atoms with Crippen LogP contribution in [-0.2, 0) is 0 Å². The van der Waals surface area contributed by atoms with Gasteiger partial charge in [0.25, 0.3) is 0 Å². The molecule has 2 heterocycles. The molecule has 0 unspecified atom stereocenters. The molecule has 11 heteroatoms. The van der Waals surface area contributed by atoms with Crippen LogP contribution in [0.2, 0.25) is 0 Å². The quantitative estimate of drug-likeness (QED) is 0.250. The summed E-state index contributed by atoms with van der Waals surface area (Å²) in [7, 11) is 58.0. The van der Waals surface area contributed by atoms with Gasteiger partial charge < -0.3 is 9.55 Å². The van der Waals surface area contributed by atoms with Crippen molar-refractivity contribution in [2.24, 2.45) is 0 Å². The van der Waals surface area contributed by atoms with Crippen LogP contribution in [-0.4, -0.2) is 80.2 Å². The number of benzene rings is 5. The number of aromatic nitrogens is 2. The van der Waals surface area contributed by atoms with Crippen LogP contribution in [0.4, 0.5) is 0 Å². The van der Waals surface area contributed by atoms with Gasteiger partial charge in [-0.1, -0.05) is 69.2 Å². The predicted molar refractivity (Wildman–Crippen MR) is 184 cm³/mol. The van der Waals surface area contributed by atoms with Crippen molar-refractivity contribution >= 4 is 163 Å². The van der Waals surface area contributed by atoms with Crippen molar-refractivity contribution in [1.29, 1.82) is 0 Å². The van der Waals surface area contributed by atoms with Gasteiger partial charge in [0.05, 0.1) is 11.0 Å². The molecule has 0 bridgehead atoms. The number of H-pyrrole nitrogens is 1. The number of hydrogen-bond donors (Lipinski definition) is 1. The lowest BCUT2D eigenvalue weighted by molar-refractivity contribution is 1.21. The maximum Gasteiger partial charge on any atom is 0.115 e. The normalized spacial score (nSPS) is 11.8. The van der Waals surface area contributed by atoms with E-state index in [0.717, 1.165) is 43.6 Å². The maximum absolute atomic E-state index is 6.80. The van der Waals surface area contributed by atoms with Crippen LogP contribution in [0.25, 0.3) is 60.4 Å². The Bertz CT molecular complexity index is 2210. The highest BCUT2D eigenvalue weighted by atomic mass is 15.0. The summed E-state index contributed by atoms with van der Waals surface area (Å²) < 4.78 is 1.99. The summed E-state index contributed by atoms with van der Waals surface area (Å²) in [6.45, 7) is 0. The van der Waals surface area contributed by atoms with Crippen LogP contribution >= 0.6 is 0 Å². The third-order valence-corrected chi connectivity index (χ3v) is 8.11. The average molecular weight is 497 g/mol. The fourth-order valence-electron chi connectivity index (χ4n) is 6.08. The van der Waals surface area contributed by atoms with Crippen molar-refractivity contribution in [2.45, 2.75) is 0 Å². The first-order valence-corrected chi connectivity index (χ1v) is 12.8. The Balaban J connectivity index is 1.63. The van der Waals surface area contributed by atoms with E-state index in [2.05, 4.69) is 23.2 Å². The Labute approximate surface area is 249 Å². The summed E-state index contributed by atoms with van der Waals surface area (Å²) in [5.74, 6) is 0. The number of nitrogens with one attached hydrogen (secondary N) is 1. The van der Waals surface area contributed by atoms with Crippen molar-refractivity contribution in [2.75, 3.05) is 0 Å². The van der Waals surface area contributed by atoms with Gasteiger partial charge in [-0.05, 0) is 35.4 Å². The van der Waals surface area contributed by atoms with Crippen molar-refractivity contribution < 1.29 is 0 Å². The SMILES string of the molecule is [B]c1c([B])c([B])c(-c2c([B])c([B])c(-n3c4ccccc4c4c5c(ccc43)[nH]c3ccccc35)c([B])c2[B])c([B])c1[B]. The lowest BCUT2D eigenvalue weighted by Crippen LogP contribution is -2.57. The molecule has 0 aliphatic heterocycles. The molecule has 0 saturated carbocycles. The van der Waals surface area contributed by atoms with Crippen LogP contribution in [0.1, 0.15) is 0 Å². The van der Waals surface area contributed by atoms with Crippen molar-refractivity contribution in [3.63, 3.8) is 0 Å². The fraction of sp³-hybridized carbons (Fsp3) is 0. The molecule has 7 aromatic rings. The molecular weight excluding hydrogens is 486 g/mol. The number of hydrogen-bond acceptors (Lipinski definition) is 0. The van der Waals surface area contributed by atoms with Gasteiger partial charge in [-0.3, -0.25) is 0 Å². The molecule has 0 fully saturated rings. The number of fused-ring (bicyclic) bond motifs is 7. The van der Waals surface area contributed by atoms with Crippen molar-refractivity contribution in [3.05, 3.63) is 60.7 Å². The molecule has 0 aliphatic carbocycles. The van der Waals surface area contributed by atoms with Crippen LogP contribution < -0.4 is 49.2 Å². The van der Waals surface area contributed by atoms with E-state index in [1.165, 1.54) is 0 Å². The molecule has 0 atom stereocenters. The van der Waals surface area contributed by atoms with Crippen molar-refractivity contribution in [3.8, 4) is 16.8 Å². The van der Waals surface area contributed by atoms with Crippen LogP contribution in [0.3, 0.4) is 0 Å². The largest absolute Gasteiger partial charge is 0.354 e. The Morgan fingerprint density at radius 2 is 0.927 bits per heavy atom. The summed E-state index contributed by atoms with van der Waals surface area (Å²) in [6.07, 6.45) is 0. The van der Waals surface area contributed by atoms with Gasteiger partial charge in [-0.25, -0.2) is 0 Å². The molecule has 0 aliphatic rings. The van der Waals surface area contributed by atoms with Crippen LogP contribution in [0.5, 0.6) is 0 Å². The Morgan fingerprint density at radius 1 is 0.415 bits per heavy atom. The monoisotopic (exact) mass is 498 g/mol. The highest BCUT2D eigenvalue weighted by Gasteiger charge is 2.23. The standard InChI is InChI=1S/C30H11B9N2/c31-21-19(22(32)26(36)27(37)25(21)35)20-23(33)28(38)30(29(39)24(20)34)41-15-8-4-2-6-12(15)18-16(41)10-9-14-17(18)11-5-1-3-7-13(11)40-14/h1-10,40H. The van der Waals surface area contributed by atoms with Crippen molar-refractivity contribution in [1.82, 2.24) is 9.55 Å². The minimum Gasteiger partial charge on any atom is -0.354 e. The number of rotatable bonds is 2. The predicted octanol–water partition coefficient (Wildman–Crippen LogP) is -2.77. The van der Waals surface area contributed by atoms with E-state index >= 15 is 0 Å². The van der Waals surface area contributed by atoms with E-state index in [9.17, 15) is 0 Å². The first kappa shape index (κ1) is 26.2. The van der Waals surface area contributed by atoms with Gasteiger partial charge in [-0.2, -0.15) is 0 Å². The fourth-order valence-corrected chi connectivity index (χ4v) is 6.08. The minimum absolute atomic E-state index is 0.0665. The molecule has 7 rings (SSSR count). The van der Waals surface area contributed by atoms with Gasteiger partial charge in [0, 0.05) is 38.3 Å². The molecule has 2 nitrogen and oxygen atoms in total. The lowest BCUT2D eigenvalue weighted by atomic mass is 9.56. The maximum atomic E-state index is 6.80. The first-order valence-electron chi connectivity index (χ1n) is 12.8. The van der Waals surface area contributed by atoms with Crippen LogP contribution in [0.15, 0.2) is 60.7 Å². The van der Waals surface area contributed by atoms with E-state index in [1.54, 1.807) is 0 Å². The third-order valence-electron chi connectivity index (χ3n) is 8.11. The number of para-hydroxylation sites is 2. The zero-order chi connectivity index (χ0) is 28.9. The van der Waals surface area contributed by atoms with E-state index in [0.29, 0.717) is 5.69 Å². The van der Waals surface area contributed by atoms with Gasteiger partial charge >= 0.3 is 0 Å². The molecule has 41 heavy (non-hydrogen) atoms. The number of nitrogens with zero attached hydrogens (tertiary/aromatic N) is 1.